The maximum atomic E-state index is 9.13. The Bertz CT molecular complexity index is 817. The highest BCUT2D eigenvalue weighted by Gasteiger charge is 2.49. The number of nitrogens with zero attached hydrogens (tertiary/aromatic N) is 1. The molecule has 4 nitrogen and oxygen atoms in total. The van der Waals surface area contributed by atoms with Crippen LogP contribution >= 0.6 is 0 Å². The van der Waals surface area contributed by atoms with Crippen molar-refractivity contribution in [3.8, 4) is 0 Å². The third-order valence-corrected chi connectivity index (χ3v) is 10.1. The van der Waals surface area contributed by atoms with Crippen molar-refractivity contribution >= 4 is 18.7 Å². The second kappa shape index (κ2) is 8.86. The summed E-state index contributed by atoms with van der Waals surface area (Å²) in [7, 11) is -2.48. The van der Waals surface area contributed by atoms with Crippen LogP contribution in [-0.4, -0.2) is 25.2 Å². The van der Waals surface area contributed by atoms with E-state index in [1.165, 1.54) is 10.4 Å². The van der Waals surface area contributed by atoms with Crippen molar-refractivity contribution in [1.29, 1.82) is 0 Å². The third-order valence-electron chi connectivity index (χ3n) is 5.07. The molecule has 1 N–H and O–H groups in total. The summed E-state index contributed by atoms with van der Waals surface area (Å²) in [4.78, 5) is 0. The van der Waals surface area contributed by atoms with Crippen molar-refractivity contribution in [2.24, 2.45) is 0 Å². The van der Waals surface area contributed by atoms with Gasteiger partial charge in [-0.2, -0.15) is 0 Å². The van der Waals surface area contributed by atoms with Crippen molar-refractivity contribution < 1.29 is 14.1 Å². The predicted molar refractivity (Wildman–Crippen MR) is 114 cm³/mol. The highest BCUT2D eigenvalue weighted by atomic mass is 28.4. The van der Waals surface area contributed by atoms with E-state index in [9.17, 15) is 0 Å². The molecular formula is C23H29NO3Si. The molecule has 0 fully saturated rings. The quantitative estimate of drug-likeness (QED) is 0.467. The Morgan fingerprint density at radius 3 is 2.00 bits per heavy atom. The van der Waals surface area contributed by atoms with Gasteiger partial charge in [0.2, 0.25) is 0 Å². The third kappa shape index (κ3) is 4.27. The number of benzene rings is 2. The standard InChI is InChI=1S/C23H29NO3Si/c1-23(2,3)28(21-12-6-4-7-13-21,22-14-8-5-9-15-22)26-16-10-11-20-17-19(18-25)24-27-20/h4-9,12-15,17,25H,10-11,16,18H2,1-3H3. The van der Waals surface area contributed by atoms with Gasteiger partial charge in [-0.25, -0.2) is 0 Å². The van der Waals surface area contributed by atoms with E-state index in [4.69, 9.17) is 14.1 Å². The monoisotopic (exact) mass is 395 g/mol. The zero-order chi connectivity index (χ0) is 20.0. The molecule has 0 bridgehead atoms. The molecule has 0 atom stereocenters. The first-order valence-corrected chi connectivity index (χ1v) is 11.7. The zero-order valence-corrected chi connectivity index (χ0v) is 17.9. The van der Waals surface area contributed by atoms with Crippen LogP contribution in [0.4, 0.5) is 0 Å². The molecule has 0 unspecified atom stereocenters. The lowest BCUT2D eigenvalue weighted by atomic mass is 10.2. The summed E-state index contributed by atoms with van der Waals surface area (Å²) in [6.07, 6.45) is 1.58. The van der Waals surface area contributed by atoms with E-state index < -0.39 is 8.32 Å². The number of hydrogen-bond donors (Lipinski definition) is 1. The van der Waals surface area contributed by atoms with Crippen LogP contribution < -0.4 is 10.4 Å². The Balaban J connectivity index is 1.85. The SMILES string of the molecule is CC(C)(C)[Si](OCCCc1cc(CO)no1)(c1ccccc1)c1ccccc1. The Kier molecular flexibility index (Phi) is 6.49. The van der Waals surface area contributed by atoms with E-state index in [1.54, 1.807) is 0 Å². The van der Waals surface area contributed by atoms with Gasteiger partial charge in [0.05, 0.1) is 6.61 Å². The molecule has 1 heterocycles. The van der Waals surface area contributed by atoms with Crippen LogP contribution in [0, 0.1) is 0 Å². The highest BCUT2D eigenvalue weighted by Crippen LogP contribution is 2.36. The lowest BCUT2D eigenvalue weighted by Crippen LogP contribution is -2.66. The van der Waals surface area contributed by atoms with Gasteiger partial charge in [0.25, 0.3) is 8.32 Å². The van der Waals surface area contributed by atoms with Gasteiger partial charge < -0.3 is 14.1 Å². The minimum atomic E-state index is -2.48. The molecule has 3 rings (SSSR count). The topological polar surface area (TPSA) is 55.5 Å². The van der Waals surface area contributed by atoms with Crippen LogP contribution in [-0.2, 0) is 17.5 Å². The summed E-state index contributed by atoms with van der Waals surface area (Å²) in [6.45, 7) is 7.39. The van der Waals surface area contributed by atoms with E-state index in [2.05, 4.69) is 86.6 Å². The fraction of sp³-hybridized carbons (Fsp3) is 0.348. The molecule has 0 amide bonds. The first kappa shape index (κ1) is 20.5. The van der Waals surface area contributed by atoms with Crippen molar-refractivity contribution in [1.82, 2.24) is 5.16 Å². The fourth-order valence-corrected chi connectivity index (χ4v) is 8.39. The Morgan fingerprint density at radius 1 is 0.964 bits per heavy atom. The van der Waals surface area contributed by atoms with Crippen LogP contribution in [0.1, 0.15) is 38.6 Å². The largest absolute Gasteiger partial charge is 0.407 e. The average Bonchev–Trinajstić information content (AvgIpc) is 3.16. The van der Waals surface area contributed by atoms with Crippen molar-refractivity contribution in [3.05, 3.63) is 78.2 Å². The van der Waals surface area contributed by atoms with E-state index in [0.717, 1.165) is 18.6 Å². The Hall–Kier alpha value is -2.21. The summed E-state index contributed by atoms with van der Waals surface area (Å²) in [5.41, 5.74) is 0.572. The molecule has 0 saturated heterocycles. The first-order valence-electron chi connectivity index (χ1n) is 9.78. The Labute approximate surface area is 168 Å². The number of aromatic nitrogens is 1. The molecule has 148 valence electrons. The van der Waals surface area contributed by atoms with Crippen molar-refractivity contribution in [3.63, 3.8) is 0 Å². The summed E-state index contributed by atoms with van der Waals surface area (Å²) in [6, 6.07) is 23.1. The smallest absolute Gasteiger partial charge is 0.261 e. The first-order chi connectivity index (χ1) is 13.5. The van der Waals surface area contributed by atoms with E-state index in [1.807, 2.05) is 6.07 Å². The van der Waals surface area contributed by atoms with E-state index in [-0.39, 0.29) is 11.6 Å². The second-order valence-electron chi connectivity index (χ2n) is 8.06. The van der Waals surface area contributed by atoms with Crippen LogP contribution in [0.5, 0.6) is 0 Å². The fourth-order valence-electron chi connectivity index (χ4n) is 3.78. The molecule has 1 aromatic heterocycles. The van der Waals surface area contributed by atoms with Gasteiger partial charge in [-0.1, -0.05) is 86.6 Å². The van der Waals surface area contributed by atoms with Crippen LogP contribution in [0.25, 0.3) is 0 Å². The highest BCUT2D eigenvalue weighted by molar-refractivity contribution is 6.99. The molecule has 0 spiro atoms. The van der Waals surface area contributed by atoms with Gasteiger partial charge in [0.1, 0.15) is 11.5 Å². The normalized spacial score (nSPS) is 12.3. The predicted octanol–water partition coefficient (Wildman–Crippen LogP) is 3.68. The molecule has 0 aliphatic carbocycles. The molecule has 0 aliphatic heterocycles. The number of aryl methyl sites for hydroxylation is 1. The summed E-state index contributed by atoms with van der Waals surface area (Å²) in [5.74, 6) is 0.787. The molecule has 28 heavy (non-hydrogen) atoms. The second-order valence-corrected chi connectivity index (χ2v) is 12.4. The summed E-state index contributed by atoms with van der Waals surface area (Å²) < 4.78 is 12.1. The van der Waals surface area contributed by atoms with E-state index in [0.29, 0.717) is 12.3 Å². The lowest BCUT2D eigenvalue weighted by Gasteiger charge is -2.43. The zero-order valence-electron chi connectivity index (χ0n) is 16.9. The summed E-state index contributed by atoms with van der Waals surface area (Å²) in [5, 5.41) is 15.5. The van der Waals surface area contributed by atoms with Gasteiger partial charge in [-0.15, -0.1) is 0 Å². The molecule has 3 aromatic rings. The van der Waals surface area contributed by atoms with Crippen molar-refractivity contribution in [2.45, 2.75) is 45.3 Å². The minimum absolute atomic E-state index is 0.0218. The van der Waals surface area contributed by atoms with Crippen LogP contribution in [0.2, 0.25) is 5.04 Å². The number of aliphatic hydroxyl groups is 1. The average molecular weight is 396 g/mol. The van der Waals surface area contributed by atoms with Gasteiger partial charge >= 0.3 is 0 Å². The van der Waals surface area contributed by atoms with Crippen molar-refractivity contribution in [2.75, 3.05) is 6.61 Å². The van der Waals surface area contributed by atoms with Crippen LogP contribution in [0.15, 0.2) is 71.3 Å². The summed E-state index contributed by atoms with van der Waals surface area (Å²) >= 11 is 0. The molecular weight excluding hydrogens is 366 g/mol. The minimum Gasteiger partial charge on any atom is -0.407 e. The van der Waals surface area contributed by atoms with Crippen LogP contribution in [0.3, 0.4) is 0 Å². The number of aliphatic hydroxyl groups excluding tert-OH is 1. The molecule has 5 heteroatoms. The maximum Gasteiger partial charge on any atom is 0.261 e. The molecule has 0 radical (unpaired) electrons. The van der Waals surface area contributed by atoms with E-state index >= 15 is 0 Å². The van der Waals surface area contributed by atoms with Gasteiger partial charge in [-0.05, 0) is 21.8 Å². The van der Waals surface area contributed by atoms with Gasteiger partial charge in [0.15, 0.2) is 0 Å². The number of hydrogen-bond acceptors (Lipinski definition) is 4. The molecule has 0 saturated carbocycles. The molecule has 0 aliphatic rings. The molecule has 2 aromatic carbocycles. The Morgan fingerprint density at radius 2 is 1.54 bits per heavy atom. The van der Waals surface area contributed by atoms with Gasteiger partial charge in [-0.3, -0.25) is 0 Å². The van der Waals surface area contributed by atoms with Gasteiger partial charge in [0, 0.05) is 19.1 Å². The lowest BCUT2D eigenvalue weighted by molar-refractivity contribution is 0.262. The number of rotatable bonds is 8. The maximum absolute atomic E-state index is 9.13.